The van der Waals surface area contributed by atoms with Gasteiger partial charge >= 0.3 is 0 Å². The lowest BCUT2D eigenvalue weighted by Crippen LogP contribution is -2.02. The fraction of sp³-hybridized carbons (Fsp3) is 0.188. The number of aromatic nitrogens is 4. The summed E-state index contributed by atoms with van der Waals surface area (Å²) in [4.78, 5) is 4.17. The van der Waals surface area contributed by atoms with E-state index >= 15 is 0 Å². The zero-order valence-electron chi connectivity index (χ0n) is 12.1. The monoisotopic (exact) mass is 279 g/mol. The van der Waals surface area contributed by atoms with E-state index in [9.17, 15) is 0 Å². The van der Waals surface area contributed by atoms with Crippen LogP contribution in [0.5, 0.6) is 0 Å². The number of hydrogen-bond acceptors (Lipinski definition) is 4. The van der Waals surface area contributed by atoms with E-state index in [-0.39, 0.29) is 0 Å². The van der Waals surface area contributed by atoms with Gasteiger partial charge in [-0.3, -0.25) is 4.98 Å². The molecular weight excluding hydrogens is 262 g/mol. The second kappa shape index (κ2) is 5.75. The summed E-state index contributed by atoms with van der Waals surface area (Å²) < 4.78 is 1.91. The fourth-order valence-corrected chi connectivity index (χ4v) is 2.19. The molecule has 2 aromatic heterocycles. The minimum Gasteiger partial charge on any atom is -0.381 e. The Balaban J connectivity index is 1.78. The number of pyridine rings is 1. The Labute approximate surface area is 123 Å². The van der Waals surface area contributed by atoms with Crippen LogP contribution in [-0.4, -0.2) is 19.7 Å². The van der Waals surface area contributed by atoms with Crippen molar-refractivity contribution in [3.63, 3.8) is 0 Å². The lowest BCUT2D eigenvalue weighted by atomic mass is 10.1. The van der Waals surface area contributed by atoms with E-state index in [1.54, 1.807) is 6.33 Å². The first-order valence-corrected chi connectivity index (χ1v) is 6.82. The quantitative estimate of drug-likeness (QED) is 0.798. The molecule has 0 radical (unpaired) electrons. The molecule has 1 N–H and O–H groups in total. The number of benzene rings is 1. The second-order valence-electron chi connectivity index (χ2n) is 5.00. The molecule has 106 valence electrons. The summed E-state index contributed by atoms with van der Waals surface area (Å²) in [5.41, 5.74) is 4.53. The Morgan fingerprint density at radius 2 is 2.14 bits per heavy atom. The van der Waals surface area contributed by atoms with E-state index in [1.165, 1.54) is 11.1 Å². The van der Waals surface area contributed by atoms with Crippen LogP contribution in [-0.2, 0) is 13.6 Å². The van der Waals surface area contributed by atoms with Crippen LogP contribution in [0, 0.1) is 6.92 Å². The van der Waals surface area contributed by atoms with Gasteiger partial charge in [0.05, 0.1) is 0 Å². The molecule has 5 heteroatoms. The SMILES string of the molecule is Cc1ccncc1CNc1cccc(-c2nncn2C)c1. The maximum Gasteiger partial charge on any atom is 0.163 e. The summed E-state index contributed by atoms with van der Waals surface area (Å²) in [6.45, 7) is 2.84. The van der Waals surface area contributed by atoms with Gasteiger partial charge in [0.25, 0.3) is 0 Å². The molecule has 0 fully saturated rings. The molecule has 0 aliphatic rings. The molecule has 3 rings (SSSR count). The zero-order valence-corrected chi connectivity index (χ0v) is 12.1. The van der Waals surface area contributed by atoms with Crippen molar-refractivity contribution in [1.29, 1.82) is 0 Å². The summed E-state index contributed by atoms with van der Waals surface area (Å²) in [5.74, 6) is 0.858. The van der Waals surface area contributed by atoms with Crippen LogP contribution in [0.15, 0.2) is 49.1 Å². The van der Waals surface area contributed by atoms with Crippen LogP contribution in [0.2, 0.25) is 0 Å². The van der Waals surface area contributed by atoms with Gasteiger partial charge in [-0.05, 0) is 36.2 Å². The summed E-state index contributed by atoms with van der Waals surface area (Å²) in [6.07, 6.45) is 5.41. The fourth-order valence-electron chi connectivity index (χ4n) is 2.19. The van der Waals surface area contributed by atoms with E-state index in [2.05, 4.69) is 33.5 Å². The van der Waals surface area contributed by atoms with Crippen LogP contribution >= 0.6 is 0 Å². The lowest BCUT2D eigenvalue weighted by Gasteiger charge is -2.09. The van der Waals surface area contributed by atoms with Crippen LogP contribution in [0.3, 0.4) is 0 Å². The molecule has 3 aromatic rings. The molecule has 0 spiro atoms. The number of hydrogen-bond donors (Lipinski definition) is 1. The van der Waals surface area contributed by atoms with E-state index in [0.29, 0.717) is 0 Å². The average Bonchev–Trinajstić information content (AvgIpc) is 2.93. The van der Waals surface area contributed by atoms with Crippen LogP contribution in [0.25, 0.3) is 11.4 Å². The molecule has 5 nitrogen and oxygen atoms in total. The molecule has 0 unspecified atom stereocenters. The first-order valence-electron chi connectivity index (χ1n) is 6.82. The predicted octanol–water partition coefficient (Wildman–Crippen LogP) is 2.80. The maximum absolute atomic E-state index is 4.17. The molecule has 0 saturated heterocycles. The van der Waals surface area contributed by atoms with Gasteiger partial charge in [0.2, 0.25) is 0 Å². The van der Waals surface area contributed by atoms with E-state index in [4.69, 9.17) is 0 Å². The van der Waals surface area contributed by atoms with Gasteiger partial charge in [-0.2, -0.15) is 0 Å². The number of aryl methyl sites for hydroxylation is 2. The summed E-state index contributed by atoms with van der Waals surface area (Å²) in [7, 11) is 1.94. The van der Waals surface area contributed by atoms with Gasteiger partial charge in [0.15, 0.2) is 5.82 Å². The smallest absolute Gasteiger partial charge is 0.163 e. The highest BCUT2D eigenvalue weighted by Gasteiger charge is 2.05. The Bertz CT molecular complexity index is 748. The standard InChI is InChI=1S/C16H17N5/c1-12-6-7-17-9-14(12)10-18-15-5-3-4-13(8-15)16-20-19-11-21(16)2/h3-9,11,18H,10H2,1-2H3. The van der Waals surface area contributed by atoms with Gasteiger partial charge < -0.3 is 9.88 Å². The normalized spacial score (nSPS) is 10.6. The van der Waals surface area contributed by atoms with Crippen molar-refractivity contribution < 1.29 is 0 Å². The minimum atomic E-state index is 0.752. The van der Waals surface area contributed by atoms with Crippen LogP contribution < -0.4 is 5.32 Å². The van der Waals surface area contributed by atoms with Crippen molar-refractivity contribution in [3.05, 3.63) is 60.2 Å². The highest BCUT2D eigenvalue weighted by atomic mass is 15.2. The molecule has 0 amide bonds. The van der Waals surface area contributed by atoms with Gasteiger partial charge in [0.1, 0.15) is 6.33 Å². The molecule has 2 heterocycles. The average molecular weight is 279 g/mol. The van der Waals surface area contributed by atoms with Crippen LogP contribution in [0.1, 0.15) is 11.1 Å². The van der Waals surface area contributed by atoms with Crippen molar-refractivity contribution >= 4 is 5.69 Å². The highest BCUT2D eigenvalue weighted by molar-refractivity contribution is 5.62. The molecule has 0 atom stereocenters. The second-order valence-corrected chi connectivity index (χ2v) is 5.00. The van der Waals surface area contributed by atoms with E-state index in [0.717, 1.165) is 23.6 Å². The Kier molecular flexibility index (Phi) is 3.64. The zero-order chi connectivity index (χ0) is 14.7. The van der Waals surface area contributed by atoms with Crippen molar-refractivity contribution in [3.8, 4) is 11.4 Å². The third kappa shape index (κ3) is 2.91. The predicted molar refractivity (Wildman–Crippen MR) is 82.7 cm³/mol. The van der Waals surface area contributed by atoms with E-state index in [1.807, 2.05) is 48.3 Å². The number of anilines is 1. The minimum absolute atomic E-state index is 0.752. The maximum atomic E-state index is 4.17. The molecule has 21 heavy (non-hydrogen) atoms. The Morgan fingerprint density at radius 3 is 2.90 bits per heavy atom. The Hall–Kier alpha value is -2.69. The van der Waals surface area contributed by atoms with Crippen molar-refractivity contribution in [2.75, 3.05) is 5.32 Å². The first-order chi connectivity index (χ1) is 10.2. The highest BCUT2D eigenvalue weighted by Crippen LogP contribution is 2.20. The largest absolute Gasteiger partial charge is 0.381 e. The van der Waals surface area contributed by atoms with Gasteiger partial charge in [-0.25, -0.2) is 0 Å². The van der Waals surface area contributed by atoms with Gasteiger partial charge in [-0.15, -0.1) is 10.2 Å². The lowest BCUT2D eigenvalue weighted by molar-refractivity contribution is 0.920. The summed E-state index contributed by atoms with van der Waals surface area (Å²) >= 11 is 0. The van der Waals surface area contributed by atoms with Crippen LogP contribution in [0.4, 0.5) is 5.69 Å². The summed E-state index contributed by atoms with van der Waals surface area (Å²) in [5, 5.41) is 11.5. The third-order valence-corrected chi connectivity index (χ3v) is 3.46. The number of nitrogens with one attached hydrogen (secondary N) is 1. The van der Waals surface area contributed by atoms with Gasteiger partial charge in [0, 0.05) is 37.2 Å². The molecule has 0 aliphatic carbocycles. The van der Waals surface area contributed by atoms with Crippen molar-refractivity contribution in [2.45, 2.75) is 13.5 Å². The van der Waals surface area contributed by atoms with Gasteiger partial charge in [-0.1, -0.05) is 12.1 Å². The van der Waals surface area contributed by atoms with Crippen molar-refractivity contribution in [1.82, 2.24) is 19.7 Å². The number of rotatable bonds is 4. The van der Waals surface area contributed by atoms with E-state index < -0.39 is 0 Å². The van der Waals surface area contributed by atoms with Crippen molar-refractivity contribution in [2.24, 2.45) is 7.05 Å². The Morgan fingerprint density at radius 1 is 1.24 bits per heavy atom. The first kappa shape index (κ1) is 13.3. The molecule has 0 saturated carbocycles. The topological polar surface area (TPSA) is 55.6 Å². The third-order valence-electron chi connectivity index (χ3n) is 3.46. The molecular formula is C16H17N5. The molecule has 0 bridgehead atoms. The summed E-state index contributed by atoms with van der Waals surface area (Å²) in [6, 6.07) is 10.2. The number of nitrogens with zero attached hydrogens (tertiary/aromatic N) is 4. The molecule has 1 aromatic carbocycles. The molecule has 0 aliphatic heterocycles.